The van der Waals surface area contributed by atoms with Gasteiger partial charge in [-0.1, -0.05) is 17.7 Å². The first-order chi connectivity index (χ1) is 14.2. The van der Waals surface area contributed by atoms with Crippen LogP contribution < -0.4 is 4.90 Å². The normalized spacial score (nSPS) is 15.3. The van der Waals surface area contributed by atoms with Crippen LogP contribution in [0.15, 0.2) is 30.5 Å². The molecule has 2 aromatic rings. The average molecular weight is 442 g/mol. The summed E-state index contributed by atoms with van der Waals surface area (Å²) in [5.41, 5.74) is 1.05. The highest BCUT2D eigenvalue weighted by atomic mass is 35.5. The summed E-state index contributed by atoms with van der Waals surface area (Å²) in [6, 6.07) is 6.72. The molecule has 162 valence electrons. The number of aromatic nitrogens is 2. The Morgan fingerprint density at radius 3 is 2.67 bits per heavy atom. The van der Waals surface area contributed by atoms with Crippen LogP contribution in [0.25, 0.3) is 0 Å². The van der Waals surface area contributed by atoms with Gasteiger partial charge in [-0.2, -0.15) is 13.2 Å². The van der Waals surface area contributed by atoms with Gasteiger partial charge in [0.15, 0.2) is 0 Å². The number of hydrogen-bond acceptors (Lipinski definition) is 5. The third kappa shape index (κ3) is 5.84. The van der Waals surface area contributed by atoms with Crippen molar-refractivity contribution < 1.29 is 22.7 Å². The molecular formula is C21H23ClF3N3O2. The smallest absolute Gasteiger partial charge is 0.417 e. The van der Waals surface area contributed by atoms with Gasteiger partial charge in [-0.15, -0.1) is 0 Å². The van der Waals surface area contributed by atoms with Gasteiger partial charge in [0.25, 0.3) is 0 Å². The second kappa shape index (κ2) is 9.64. The summed E-state index contributed by atoms with van der Waals surface area (Å²) in [4.78, 5) is 22.4. The number of halogens is 4. The number of pyridine rings is 2. The average Bonchev–Trinajstić information content (AvgIpc) is 2.70. The first-order valence-electron chi connectivity index (χ1n) is 9.81. The van der Waals surface area contributed by atoms with Crippen LogP contribution in [0, 0.1) is 12.8 Å². The van der Waals surface area contributed by atoms with Crippen LogP contribution >= 0.6 is 11.6 Å². The molecule has 1 aliphatic rings. The molecule has 0 spiro atoms. The molecule has 1 aliphatic heterocycles. The highest BCUT2D eigenvalue weighted by Gasteiger charge is 2.33. The van der Waals surface area contributed by atoms with Crippen LogP contribution in [0.4, 0.5) is 19.0 Å². The van der Waals surface area contributed by atoms with Crippen LogP contribution in [0.5, 0.6) is 0 Å². The van der Waals surface area contributed by atoms with E-state index in [-0.39, 0.29) is 16.9 Å². The van der Waals surface area contributed by atoms with Gasteiger partial charge in [0, 0.05) is 30.7 Å². The Kier molecular flexibility index (Phi) is 7.18. The largest absolute Gasteiger partial charge is 0.465 e. The monoisotopic (exact) mass is 441 g/mol. The highest BCUT2D eigenvalue weighted by Crippen LogP contribution is 2.34. The molecule has 1 saturated heterocycles. The van der Waals surface area contributed by atoms with Gasteiger partial charge >= 0.3 is 12.1 Å². The predicted octanol–water partition coefficient (Wildman–Crippen LogP) is 4.85. The second-order valence-electron chi connectivity index (χ2n) is 7.33. The number of carbonyl (C=O) groups is 1. The maximum Gasteiger partial charge on any atom is 0.417 e. The summed E-state index contributed by atoms with van der Waals surface area (Å²) in [5.74, 6) is -0.160. The van der Waals surface area contributed by atoms with Crippen molar-refractivity contribution in [2.24, 2.45) is 5.92 Å². The Morgan fingerprint density at radius 2 is 2.03 bits per heavy atom. The zero-order chi connectivity index (χ0) is 21.7. The summed E-state index contributed by atoms with van der Waals surface area (Å²) in [7, 11) is 0. The van der Waals surface area contributed by atoms with E-state index in [0.29, 0.717) is 44.8 Å². The van der Waals surface area contributed by atoms with E-state index in [9.17, 15) is 18.0 Å². The van der Waals surface area contributed by atoms with E-state index in [4.69, 9.17) is 16.3 Å². The minimum absolute atomic E-state index is 0.0457. The van der Waals surface area contributed by atoms with Crippen molar-refractivity contribution in [3.8, 4) is 0 Å². The maximum atomic E-state index is 12.8. The fraction of sp³-hybridized carbons (Fsp3) is 0.476. The number of rotatable bonds is 6. The number of alkyl halides is 3. The minimum Gasteiger partial charge on any atom is -0.465 e. The molecule has 0 N–H and O–H groups in total. The fourth-order valence-electron chi connectivity index (χ4n) is 3.43. The van der Waals surface area contributed by atoms with Crippen molar-refractivity contribution in [1.82, 2.24) is 9.97 Å². The fourth-order valence-corrected chi connectivity index (χ4v) is 3.71. The lowest BCUT2D eigenvalue weighted by Gasteiger charge is -2.32. The number of hydrogen-bond donors (Lipinski definition) is 0. The van der Waals surface area contributed by atoms with Crippen LogP contribution in [0.2, 0.25) is 5.02 Å². The van der Waals surface area contributed by atoms with Gasteiger partial charge in [-0.05, 0) is 50.8 Å². The van der Waals surface area contributed by atoms with Gasteiger partial charge in [0.2, 0.25) is 0 Å². The van der Waals surface area contributed by atoms with Gasteiger partial charge < -0.3 is 9.64 Å². The zero-order valence-electron chi connectivity index (χ0n) is 16.6. The van der Waals surface area contributed by atoms with E-state index in [1.807, 2.05) is 25.1 Å². The molecule has 30 heavy (non-hydrogen) atoms. The molecule has 0 radical (unpaired) electrons. The van der Waals surface area contributed by atoms with Gasteiger partial charge in [0.05, 0.1) is 23.1 Å². The molecule has 0 unspecified atom stereocenters. The van der Waals surface area contributed by atoms with Crippen molar-refractivity contribution in [3.63, 3.8) is 0 Å². The van der Waals surface area contributed by atoms with Crippen molar-refractivity contribution in [1.29, 1.82) is 0 Å². The summed E-state index contributed by atoms with van der Waals surface area (Å²) in [6.07, 6.45) is -1.18. The Bertz CT molecular complexity index is 884. The second-order valence-corrected chi connectivity index (χ2v) is 7.74. The SMILES string of the molecule is Cc1cccc(CCCOC(=O)C2CCN(c3ncc(C(F)(F)F)cc3Cl)CC2)n1. The van der Waals surface area contributed by atoms with E-state index in [1.54, 1.807) is 4.90 Å². The van der Waals surface area contributed by atoms with E-state index in [0.717, 1.165) is 30.1 Å². The van der Waals surface area contributed by atoms with Crippen LogP contribution in [0.3, 0.4) is 0 Å². The molecule has 0 saturated carbocycles. The lowest BCUT2D eigenvalue weighted by Crippen LogP contribution is -2.37. The summed E-state index contributed by atoms with van der Waals surface area (Å²) >= 11 is 6.01. The van der Waals surface area contributed by atoms with Gasteiger partial charge in [0.1, 0.15) is 5.82 Å². The standard InChI is InChI=1S/C21H23ClF3N3O2/c1-14-4-2-5-17(27-14)6-3-11-30-20(29)15-7-9-28(10-8-15)19-18(22)12-16(13-26-19)21(23,24)25/h2,4-5,12-13,15H,3,6-11H2,1H3. The Hall–Kier alpha value is -2.35. The van der Waals surface area contributed by atoms with E-state index in [1.165, 1.54) is 0 Å². The van der Waals surface area contributed by atoms with Crippen molar-refractivity contribution in [2.75, 3.05) is 24.6 Å². The Balaban J connectivity index is 1.44. The van der Waals surface area contributed by atoms with Crippen molar-refractivity contribution >= 4 is 23.4 Å². The van der Waals surface area contributed by atoms with Crippen molar-refractivity contribution in [3.05, 3.63) is 52.4 Å². The molecule has 9 heteroatoms. The van der Waals surface area contributed by atoms with E-state index < -0.39 is 11.7 Å². The summed E-state index contributed by atoms with van der Waals surface area (Å²) < 4.78 is 43.7. The van der Waals surface area contributed by atoms with Crippen LogP contribution in [-0.4, -0.2) is 35.6 Å². The molecule has 1 fully saturated rings. The first kappa shape index (κ1) is 22.3. The number of esters is 1. The van der Waals surface area contributed by atoms with E-state index in [2.05, 4.69) is 9.97 Å². The molecule has 0 aliphatic carbocycles. The van der Waals surface area contributed by atoms with Gasteiger partial charge in [-0.3, -0.25) is 9.78 Å². The molecule has 0 aromatic carbocycles. The molecule has 2 aromatic heterocycles. The highest BCUT2D eigenvalue weighted by molar-refractivity contribution is 6.33. The molecule has 0 bridgehead atoms. The number of aryl methyl sites for hydroxylation is 2. The third-order valence-corrected chi connectivity index (χ3v) is 5.32. The maximum absolute atomic E-state index is 12.8. The van der Waals surface area contributed by atoms with Crippen molar-refractivity contribution in [2.45, 2.75) is 38.8 Å². The lowest BCUT2D eigenvalue weighted by atomic mass is 9.97. The number of piperidine rings is 1. The van der Waals surface area contributed by atoms with Gasteiger partial charge in [-0.25, -0.2) is 4.98 Å². The first-order valence-corrected chi connectivity index (χ1v) is 10.2. The molecule has 3 rings (SSSR count). The Morgan fingerprint density at radius 1 is 1.30 bits per heavy atom. The number of ether oxygens (including phenoxy) is 1. The molecule has 5 nitrogen and oxygen atoms in total. The number of anilines is 1. The van der Waals surface area contributed by atoms with Crippen LogP contribution in [0.1, 0.15) is 36.2 Å². The minimum atomic E-state index is -4.48. The molecule has 3 heterocycles. The number of nitrogens with zero attached hydrogens (tertiary/aromatic N) is 3. The zero-order valence-corrected chi connectivity index (χ0v) is 17.3. The lowest BCUT2D eigenvalue weighted by molar-refractivity contribution is -0.149. The molecule has 0 amide bonds. The predicted molar refractivity (Wildman–Crippen MR) is 107 cm³/mol. The molecular weight excluding hydrogens is 419 g/mol. The van der Waals surface area contributed by atoms with Crippen LogP contribution in [-0.2, 0) is 22.1 Å². The van der Waals surface area contributed by atoms with E-state index >= 15 is 0 Å². The topological polar surface area (TPSA) is 55.3 Å². The Labute approximate surface area is 178 Å². The quantitative estimate of drug-likeness (QED) is 0.474. The summed E-state index contributed by atoms with van der Waals surface area (Å²) in [6.45, 7) is 3.22. The molecule has 0 atom stereocenters. The third-order valence-electron chi connectivity index (χ3n) is 5.04. The summed E-state index contributed by atoms with van der Waals surface area (Å²) in [5, 5.41) is -0.0457. The number of carbonyl (C=O) groups excluding carboxylic acids is 1.